The Balaban J connectivity index is 1.72. The number of hydrogen-bond acceptors (Lipinski definition) is 4. The second kappa shape index (κ2) is 6.95. The summed E-state index contributed by atoms with van der Waals surface area (Å²) in [6, 6.07) is 1.34. The van der Waals surface area contributed by atoms with Crippen molar-refractivity contribution in [1.82, 2.24) is 20.9 Å². The second-order valence-electron chi connectivity index (χ2n) is 8.66. The molecule has 124 valence electrons. The van der Waals surface area contributed by atoms with Crippen molar-refractivity contribution in [3.05, 3.63) is 0 Å². The molecule has 21 heavy (non-hydrogen) atoms. The normalized spacial score (nSPS) is 26.4. The van der Waals surface area contributed by atoms with Gasteiger partial charge >= 0.3 is 0 Å². The molecule has 0 aliphatic carbocycles. The first kappa shape index (κ1) is 17.2. The predicted molar refractivity (Wildman–Crippen MR) is 90.8 cm³/mol. The lowest BCUT2D eigenvalue weighted by atomic mass is 9.97. The van der Waals surface area contributed by atoms with E-state index in [4.69, 9.17) is 0 Å². The Morgan fingerprint density at radius 3 is 2.14 bits per heavy atom. The van der Waals surface area contributed by atoms with Crippen molar-refractivity contribution in [2.24, 2.45) is 0 Å². The largest absolute Gasteiger partial charge is 0.315 e. The highest BCUT2D eigenvalue weighted by molar-refractivity contribution is 4.91. The minimum absolute atomic E-state index is 0.209. The maximum Gasteiger partial charge on any atom is 0.0255 e. The molecule has 0 amide bonds. The second-order valence-corrected chi connectivity index (χ2v) is 8.66. The van der Waals surface area contributed by atoms with E-state index in [1.807, 2.05) is 0 Å². The molecule has 2 heterocycles. The fourth-order valence-electron chi connectivity index (χ4n) is 3.78. The molecule has 4 heteroatoms. The Morgan fingerprint density at radius 1 is 0.952 bits per heavy atom. The highest BCUT2D eigenvalue weighted by Crippen LogP contribution is 2.17. The highest BCUT2D eigenvalue weighted by atomic mass is 15.2. The van der Waals surface area contributed by atoms with E-state index >= 15 is 0 Å². The maximum atomic E-state index is 3.83. The van der Waals surface area contributed by atoms with Crippen LogP contribution in [0.3, 0.4) is 0 Å². The van der Waals surface area contributed by atoms with Crippen LogP contribution in [0, 0.1) is 0 Å². The van der Waals surface area contributed by atoms with E-state index in [0.29, 0.717) is 12.1 Å². The highest BCUT2D eigenvalue weighted by Gasteiger charge is 2.29. The van der Waals surface area contributed by atoms with Gasteiger partial charge < -0.3 is 20.9 Å². The quantitative estimate of drug-likeness (QED) is 0.720. The summed E-state index contributed by atoms with van der Waals surface area (Å²) in [6.45, 7) is 17.4. The van der Waals surface area contributed by atoms with Gasteiger partial charge in [0.05, 0.1) is 0 Å². The van der Waals surface area contributed by atoms with Crippen LogP contribution in [-0.4, -0.2) is 60.8 Å². The summed E-state index contributed by atoms with van der Waals surface area (Å²) in [7, 11) is 0. The first-order valence-electron chi connectivity index (χ1n) is 8.72. The van der Waals surface area contributed by atoms with E-state index in [0.717, 1.165) is 19.6 Å². The van der Waals surface area contributed by atoms with Gasteiger partial charge in [0.25, 0.3) is 0 Å². The zero-order chi connectivity index (χ0) is 15.5. The molecule has 3 N–H and O–H groups in total. The van der Waals surface area contributed by atoms with Crippen LogP contribution in [0.2, 0.25) is 0 Å². The van der Waals surface area contributed by atoms with Crippen molar-refractivity contribution < 1.29 is 0 Å². The van der Waals surface area contributed by atoms with Crippen LogP contribution in [0.4, 0.5) is 0 Å². The summed E-state index contributed by atoms with van der Waals surface area (Å²) in [4.78, 5) is 2.64. The number of nitrogens with one attached hydrogen (secondary N) is 3. The van der Waals surface area contributed by atoms with E-state index in [2.05, 4.69) is 55.5 Å². The van der Waals surface area contributed by atoms with E-state index in [-0.39, 0.29) is 11.1 Å². The first-order valence-corrected chi connectivity index (χ1v) is 8.72. The lowest BCUT2D eigenvalue weighted by molar-refractivity contribution is 0.140. The summed E-state index contributed by atoms with van der Waals surface area (Å²) in [5.74, 6) is 0. The van der Waals surface area contributed by atoms with Gasteiger partial charge in [0.1, 0.15) is 0 Å². The molecule has 0 bridgehead atoms. The van der Waals surface area contributed by atoms with Crippen LogP contribution >= 0.6 is 0 Å². The van der Waals surface area contributed by atoms with Crippen molar-refractivity contribution in [1.29, 1.82) is 0 Å². The third-order valence-corrected chi connectivity index (χ3v) is 4.50. The minimum atomic E-state index is 0.209. The Morgan fingerprint density at radius 2 is 1.62 bits per heavy atom. The molecular weight excluding hydrogens is 260 g/mol. The van der Waals surface area contributed by atoms with Crippen molar-refractivity contribution in [2.75, 3.05) is 32.7 Å². The van der Waals surface area contributed by atoms with Crippen LogP contribution in [0.25, 0.3) is 0 Å². The molecule has 0 aromatic rings. The average Bonchev–Trinajstić information content (AvgIpc) is 2.81. The molecule has 2 aliphatic heterocycles. The standard InChI is InChI=1S/C17H36N4/c1-16(2,3)19-14-7-10-21(11-8-14)13-17(4,5)20-15-6-9-18-12-15/h14-15,18-20H,6-13H2,1-5H3. The van der Waals surface area contributed by atoms with E-state index in [1.165, 1.54) is 32.4 Å². The lowest BCUT2D eigenvalue weighted by Gasteiger charge is -2.40. The van der Waals surface area contributed by atoms with E-state index in [1.54, 1.807) is 0 Å². The predicted octanol–water partition coefficient (Wildman–Crippen LogP) is 1.57. The zero-order valence-corrected chi connectivity index (χ0v) is 14.8. The summed E-state index contributed by atoms with van der Waals surface area (Å²) in [5, 5.41) is 11.0. The van der Waals surface area contributed by atoms with Gasteiger partial charge in [0.15, 0.2) is 0 Å². The van der Waals surface area contributed by atoms with Crippen LogP contribution in [-0.2, 0) is 0 Å². The zero-order valence-electron chi connectivity index (χ0n) is 14.8. The molecule has 0 aromatic heterocycles. The van der Waals surface area contributed by atoms with E-state index in [9.17, 15) is 0 Å². The first-order chi connectivity index (χ1) is 9.73. The minimum Gasteiger partial charge on any atom is -0.315 e. The number of nitrogens with zero attached hydrogens (tertiary/aromatic N) is 1. The SMILES string of the molecule is CC(C)(C)NC1CCN(CC(C)(C)NC2CCNC2)CC1. The lowest BCUT2D eigenvalue weighted by Crippen LogP contribution is -2.56. The molecule has 0 saturated carbocycles. The smallest absolute Gasteiger partial charge is 0.0255 e. The summed E-state index contributed by atoms with van der Waals surface area (Å²) >= 11 is 0. The molecule has 2 rings (SSSR count). The van der Waals surface area contributed by atoms with Gasteiger partial charge in [0, 0.05) is 36.3 Å². The maximum absolute atomic E-state index is 3.83. The molecule has 0 aromatic carbocycles. The topological polar surface area (TPSA) is 39.3 Å². The van der Waals surface area contributed by atoms with Gasteiger partial charge in [-0.2, -0.15) is 0 Å². The number of hydrogen-bond donors (Lipinski definition) is 3. The molecule has 0 spiro atoms. The number of likely N-dealkylation sites (tertiary alicyclic amines) is 1. The molecule has 2 saturated heterocycles. The van der Waals surface area contributed by atoms with Gasteiger partial charge in [0.2, 0.25) is 0 Å². The van der Waals surface area contributed by atoms with E-state index < -0.39 is 0 Å². The Hall–Kier alpha value is -0.160. The molecule has 2 aliphatic rings. The summed E-state index contributed by atoms with van der Waals surface area (Å²) in [5.41, 5.74) is 0.449. The fraction of sp³-hybridized carbons (Fsp3) is 1.00. The van der Waals surface area contributed by atoms with Crippen molar-refractivity contribution in [3.63, 3.8) is 0 Å². The molecule has 0 radical (unpaired) electrons. The Kier molecular flexibility index (Phi) is 5.69. The van der Waals surface area contributed by atoms with Crippen LogP contribution in [0.5, 0.6) is 0 Å². The van der Waals surface area contributed by atoms with Gasteiger partial charge in [-0.15, -0.1) is 0 Å². The van der Waals surface area contributed by atoms with Crippen molar-refractivity contribution in [3.8, 4) is 0 Å². The molecule has 2 fully saturated rings. The molecular formula is C17H36N4. The molecule has 1 unspecified atom stereocenters. The Bertz CT molecular complexity index is 307. The van der Waals surface area contributed by atoms with Crippen LogP contribution in [0.15, 0.2) is 0 Å². The van der Waals surface area contributed by atoms with Gasteiger partial charge in [-0.25, -0.2) is 0 Å². The molecule has 1 atom stereocenters. The third-order valence-electron chi connectivity index (χ3n) is 4.50. The van der Waals surface area contributed by atoms with Gasteiger partial charge in [-0.3, -0.25) is 0 Å². The van der Waals surface area contributed by atoms with Crippen LogP contribution in [0.1, 0.15) is 53.9 Å². The van der Waals surface area contributed by atoms with Crippen LogP contribution < -0.4 is 16.0 Å². The fourth-order valence-corrected chi connectivity index (χ4v) is 3.78. The number of rotatable bonds is 5. The summed E-state index contributed by atoms with van der Waals surface area (Å²) < 4.78 is 0. The monoisotopic (exact) mass is 296 g/mol. The van der Waals surface area contributed by atoms with Crippen molar-refractivity contribution >= 4 is 0 Å². The average molecular weight is 297 g/mol. The van der Waals surface area contributed by atoms with Gasteiger partial charge in [-0.1, -0.05) is 0 Å². The molecule has 4 nitrogen and oxygen atoms in total. The third kappa shape index (κ3) is 6.23. The Labute approximate surface area is 131 Å². The summed E-state index contributed by atoms with van der Waals surface area (Å²) in [6.07, 6.45) is 3.82. The van der Waals surface area contributed by atoms with Gasteiger partial charge in [-0.05, 0) is 73.5 Å². The number of piperidine rings is 1. The van der Waals surface area contributed by atoms with Crippen molar-refractivity contribution in [2.45, 2.75) is 77.0 Å².